The third-order valence-electron chi connectivity index (χ3n) is 1.80. The third-order valence-corrected chi connectivity index (χ3v) is 3.60. The average molecular weight is 273 g/mol. The fraction of sp³-hybridized carbons (Fsp3) is 0.500. The van der Waals surface area contributed by atoms with Crippen LogP contribution in [0.2, 0.25) is 0 Å². The molecule has 0 bridgehead atoms. The molecule has 0 aliphatic carbocycles. The third kappa shape index (κ3) is 5.18. The van der Waals surface area contributed by atoms with Crippen molar-refractivity contribution >= 4 is 40.0 Å². The van der Waals surface area contributed by atoms with Crippen LogP contribution < -0.4 is 11.1 Å². The summed E-state index contributed by atoms with van der Waals surface area (Å²) in [6.07, 6.45) is 0. The standard InChI is InChI=1S/C10H15N3O2S2/c1-6(2)9(15)13-10-12-7(4-17-10)3-16-5-8(11)14/h4,6H,3,5H2,1-2H3,(H2,11,14)(H,12,13,15). The molecular weight excluding hydrogens is 258 g/mol. The average Bonchev–Trinajstić information content (AvgIpc) is 2.65. The van der Waals surface area contributed by atoms with Crippen LogP contribution >= 0.6 is 23.1 Å². The molecule has 1 heterocycles. The molecule has 0 aliphatic heterocycles. The van der Waals surface area contributed by atoms with Crippen LogP contribution in [0, 0.1) is 5.92 Å². The van der Waals surface area contributed by atoms with Crippen molar-refractivity contribution in [2.24, 2.45) is 11.7 Å². The second-order valence-corrected chi connectivity index (χ2v) is 5.59. The summed E-state index contributed by atoms with van der Waals surface area (Å²) in [5, 5.41) is 5.19. The summed E-state index contributed by atoms with van der Waals surface area (Å²) in [5.74, 6) is 0.461. The first-order valence-corrected chi connectivity index (χ1v) is 7.13. The lowest BCUT2D eigenvalue weighted by Gasteiger charge is -2.03. The van der Waals surface area contributed by atoms with E-state index in [0.717, 1.165) is 5.69 Å². The Morgan fingerprint density at radius 2 is 2.29 bits per heavy atom. The van der Waals surface area contributed by atoms with Gasteiger partial charge in [-0.25, -0.2) is 4.98 Å². The molecule has 0 saturated heterocycles. The van der Waals surface area contributed by atoms with Crippen LogP contribution in [0.15, 0.2) is 5.38 Å². The van der Waals surface area contributed by atoms with E-state index in [9.17, 15) is 9.59 Å². The van der Waals surface area contributed by atoms with Crippen LogP contribution in [0.4, 0.5) is 5.13 Å². The van der Waals surface area contributed by atoms with E-state index in [0.29, 0.717) is 10.9 Å². The van der Waals surface area contributed by atoms with E-state index in [-0.39, 0.29) is 23.5 Å². The first kappa shape index (κ1) is 14.0. The van der Waals surface area contributed by atoms with Gasteiger partial charge in [-0.2, -0.15) is 0 Å². The molecule has 0 unspecified atom stereocenters. The smallest absolute Gasteiger partial charge is 0.228 e. The van der Waals surface area contributed by atoms with E-state index in [1.807, 2.05) is 19.2 Å². The van der Waals surface area contributed by atoms with Gasteiger partial charge in [0.05, 0.1) is 11.4 Å². The number of hydrogen-bond donors (Lipinski definition) is 2. The number of nitrogens with one attached hydrogen (secondary N) is 1. The molecule has 0 spiro atoms. The molecule has 0 fully saturated rings. The molecular formula is C10H15N3O2S2. The maximum atomic E-state index is 11.4. The molecule has 94 valence electrons. The quantitative estimate of drug-likeness (QED) is 0.821. The molecule has 17 heavy (non-hydrogen) atoms. The molecule has 0 saturated carbocycles. The number of rotatable bonds is 6. The number of carbonyl (C=O) groups is 2. The van der Waals surface area contributed by atoms with Gasteiger partial charge in [0.2, 0.25) is 11.8 Å². The molecule has 5 nitrogen and oxygen atoms in total. The highest BCUT2D eigenvalue weighted by atomic mass is 32.2. The summed E-state index contributed by atoms with van der Waals surface area (Å²) < 4.78 is 0. The highest BCUT2D eigenvalue weighted by Gasteiger charge is 2.10. The Hall–Kier alpha value is -1.08. The lowest BCUT2D eigenvalue weighted by Crippen LogP contribution is -2.17. The van der Waals surface area contributed by atoms with Crippen molar-refractivity contribution in [2.45, 2.75) is 19.6 Å². The normalized spacial score (nSPS) is 10.5. The number of carbonyl (C=O) groups excluding carboxylic acids is 2. The van der Waals surface area contributed by atoms with E-state index in [2.05, 4.69) is 10.3 Å². The monoisotopic (exact) mass is 273 g/mol. The van der Waals surface area contributed by atoms with Gasteiger partial charge in [-0.3, -0.25) is 9.59 Å². The number of thioether (sulfide) groups is 1. The van der Waals surface area contributed by atoms with Crippen LogP contribution in [0.5, 0.6) is 0 Å². The van der Waals surface area contributed by atoms with Crippen molar-refractivity contribution in [3.8, 4) is 0 Å². The fourth-order valence-electron chi connectivity index (χ4n) is 0.937. The number of nitrogens with zero attached hydrogens (tertiary/aromatic N) is 1. The van der Waals surface area contributed by atoms with Gasteiger partial charge in [-0.15, -0.1) is 23.1 Å². The molecule has 1 rings (SSSR count). The van der Waals surface area contributed by atoms with Crippen molar-refractivity contribution in [2.75, 3.05) is 11.1 Å². The van der Waals surface area contributed by atoms with E-state index >= 15 is 0 Å². The fourth-order valence-corrected chi connectivity index (χ4v) is 2.42. The molecule has 0 aliphatic rings. The summed E-state index contributed by atoms with van der Waals surface area (Å²) in [5.41, 5.74) is 5.87. The van der Waals surface area contributed by atoms with Gasteiger partial charge in [-0.05, 0) is 0 Å². The zero-order valence-electron chi connectivity index (χ0n) is 9.73. The molecule has 1 aromatic rings. The number of anilines is 1. The topological polar surface area (TPSA) is 85.1 Å². The van der Waals surface area contributed by atoms with Crippen molar-refractivity contribution in [1.29, 1.82) is 0 Å². The SMILES string of the molecule is CC(C)C(=O)Nc1nc(CSCC(N)=O)cs1. The maximum absolute atomic E-state index is 11.4. The van der Waals surface area contributed by atoms with Crippen LogP contribution in [-0.4, -0.2) is 22.6 Å². The Balaban J connectivity index is 2.42. The lowest BCUT2D eigenvalue weighted by atomic mass is 10.2. The molecule has 0 radical (unpaired) electrons. The lowest BCUT2D eigenvalue weighted by molar-refractivity contribution is -0.119. The first-order chi connectivity index (χ1) is 7.99. The van der Waals surface area contributed by atoms with Crippen LogP contribution in [0.25, 0.3) is 0 Å². The predicted molar refractivity (Wildman–Crippen MR) is 70.9 cm³/mol. The minimum Gasteiger partial charge on any atom is -0.369 e. The Kier molecular flexibility index (Phi) is 5.43. The predicted octanol–water partition coefficient (Wildman–Crippen LogP) is 1.46. The van der Waals surface area contributed by atoms with Crippen molar-refractivity contribution < 1.29 is 9.59 Å². The minimum absolute atomic E-state index is 0.0457. The Labute approximate surface area is 108 Å². The molecule has 2 amide bonds. The molecule has 7 heteroatoms. The van der Waals surface area contributed by atoms with Crippen LogP contribution in [0.3, 0.4) is 0 Å². The summed E-state index contributed by atoms with van der Waals surface area (Å²) >= 11 is 2.79. The number of aromatic nitrogens is 1. The highest BCUT2D eigenvalue weighted by Crippen LogP contribution is 2.19. The molecule has 0 aromatic carbocycles. The minimum atomic E-state index is -0.335. The van der Waals surface area contributed by atoms with Crippen LogP contribution in [-0.2, 0) is 15.3 Å². The molecule has 3 N–H and O–H groups in total. The Morgan fingerprint density at radius 1 is 1.59 bits per heavy atom. The Bertz CT molecular complexity index is 404. The van der Waals surface area contributed by atoms with Gasteiger partial charge in [0, 0.05) is 17.1 Å². The molecule has 0 atom stereocenters. The largest absolute Gasteiger partial charge is 0.369 e. The zero-order chi connectivity index (χ0) is 12.8. The van der Waals surface area contributed by atoms with Gasteiger partial charge in [0.25, 0.3) is 0 Å². The van der Waals surface area contributed by atoms with Crippen molar-refractivity contribution in [3.05, 3.63) is 11.1 Å². The number of nitrogens with two attached hydrogens (primary N) is 1. The van der Waals surface area contributed by atoms with Gasteiger partial charge >= 0.3 is 0 Å². The van der Waals surface area contributed by atoms with E-state index < -0.39 is 0 Å². The maximum Gasteiger partial charge on any atom is 0.228 e. The van der Waals surface area contributed by atoms with Gasteiger partial charge in [0.1, 0.15) is 0 Å². The Morgan fingerprint density at radius 3 is 2.88 bits per heavy atom. The van der Waals surface area contributed by atoms with Gasteiger partial charge in [-0.1, -0.05) is 13.8 Å². The van der Waals surface area contributed by atoms with Crippen LogP contribution in [0.1, 0.15) is 19.5 Å². The van der Waals surface area contributed by atoms with E-state index in [4.69, 9.17) is 5.73 Å². The summed E-state index contributed by atoms with van der Waals surface area (Å²) in [6, 6.07) is 0. The van der Waals surface area contributed by atoms with E-state index in [1.165, 1.54) is 23.1 Å². The number of primary amides is 1. The van der Waals surface area contributed by atoms with Gasteiger partial charge < -0.3 is 11.1 Å². The number of hydrogen-bond acceptors (Lipinski definition) is 5. The molecule has 1 aromatic heterocycles. The van der Waals surface area contributed by atoms with E-state index in [1.54, 1.807) is 0 Å². The highest BCUT2D eigenvalue weighted by molar-refractivity contribution is 7.99. The second kappa shape index (κ2) is 6.61. The number of amides is 2. The first-order valence-electron chi connectivity index (χ1n) is 5.10. The second-order valence-electron chi connectivity index (χ2n) is 3.75. The zero-order valence-corrected chi connectivity index (χ0v) is 11.4. The van der Waals surface area contributed by atoms with Crippen molar-refractivity contribution in [3.63, 3.8) is 0 Å². The van der Waals surface area contributed by atoms with Gasteiger partial charge in [0.15, 0.2) is 5.13 Å². The summed E-state index contributed by atoms with van der Waals surface area (Å²) in [7, 11) is 0. The van der Waals surface area contributed by atoms with Crippen molar-refractivity contribution in [1.82, 2.24) is 4.98 Å². The number of thiazole rings is 1. The summed E-state index contributed by atoms with van der Waals surface area (Å²) in [6.45, 7) is 3.65. The summed E-state index contributed by atoms with van der Waals surface area (Å²) in [4.78, 5) is 26.2.